The van der Waals surface area contributed by atoms with E-state index >= 15 is 0 Å². The van der Waals surface area contributed by atoms with Crippen LogP contribution in [0.25, 0.3) is 22.2 Å². The molecule has 6 heteroatoms. The molecule has 5 nitrogen and oxygen atoms in total. The van der Waals surface area contributed by atoms with Gasteiger partial charge in [0.2, 0.25) is 5.91 Å². The Balaban J connectivity index is 1.54. The van der Waals surface area contributed by atoms with Crippen molar-refractivity contribution in [3.8, 4) is 11.4 Å². The van der Waals surface area contributed by atoms with Crippen molar-refractivity contribution in [1.29, 1.82) is 0 Å². The number of amides is 1. The number of anilines is 1. The van der Waals surface area contributed by atoms with Gasteiger partial charge in [-0.3, -0.25) is 4.79 Å². The Morgan fingerprint density at radius 3 is 2.57 bits per heavy atom. The van der Waals surface area contributed by atoms with Gasteiger partial charge in [-0.15, -0.1) is 10.2 Å². The fraction of sp³-hybridized carbons (Fsp3) is 0.208. The van der Waals surface area contributed by atoms with Crippen molar-refractivity contribution in [3.63, 3.8) is 0 Å². The molecule has 0 aliphatic rings. The summed E-state index contributed by atoms with van der Waals surface area (Å²) in [6, 6.07) is 22.1. The number of hydrogen-bond acceptors (Lipinski definition) is 4. The lowest BCUT2D eigenvalue weighted by Gasteiger charge is -2.14. The van der Waals surface area contributed by atoms with E-state index in [9.17, 15) is 4.79 Å². The molecule has 1 atom stereocenters. The molecule has 4 rings (SSSR count). The van der Waals surface area contributed by atoms with Crippen molar-refractivity contribution in [3.05, 3.63) is 72.3 Å². The number of aryl methyl sites for hydroxylation is 1. The number of benzene rings is 3. The Labute approximate surface area is 180 Å². The second-order valence-electron chi connectivity index (χ2n) is 7.14. The molecular formula is C24H24N4OS. The number of carbonyl (C=O) groups is 1. The van der Waals surface area contributed by atoms with Gasteiger partial charge in [0.05, 0.1) is 5.25 Å². The van der Waals surface area contributed by atoms with Crippen LogP contribution in [0.1, 0.15) is 19.4 Å². The summed E-state index contributed by atoms with van der Waals surface area (Å²) in [6.45, 7) is 6.76. The van der Waals surface area contributed by atoms with Crippen LogP contribution in [-0.4, -0.2) is 25.9 Å². The summed E-state index contributed by atoms with van der Waals surface area (Å²) >= 11 is 1.43. The predicted octanol–water partition coefficient (Wildman–Crippen LogP) is 5.55. The number of aromatic nitrogens is 3. The minimum absolute atomic E-state index is 0.0561. The molecule has 0 saturated heterocycles. The van der Waals surface area contributed by atoms with Gasteiger partial charge in [-0.25, -0.2) is 0 Å². The first kappa shape index (κ1) is 20.2. The molecule has 0 aliphatic heterocycles. The highest BCUT2D eigenvalue weighted by Gasteiger charge is 2.21. The van der Waals surface area contributed by atoms with Gasteiger partial charge in [0, 0.05) is 23.2 Å². The average molecular weight is 417 g/mol. The molecule has 30 heavy (non-hydrogen) atoms. The minimum Gasteiger partial charge on any atom is -0.325 e. The Morgan fingerprint density at radius 1 is 1.03 bits per heavy atom. The maximum Gasteiger partial charge on any atom is 0.237 e. The molecular weight excluding hydrogens is 392 g/mol. The number of fused-ring (bicyclic) bond motifs is 1. The van der Waals surface area contributed by atoms with Crippen LogP contribution >= 0.6 is 11.8 Å². The van der Waals surface area contributed by atoms with Gasteiger partial charge in [-0.1, -0.05) is 72.4 Å². The molecule has 1 N–H and O–H groups in total. The molecule has 0 fully saturated rings. The third-order valence-corrected chi connectivity index (χ3v) is 6.20. The number of nitrogens with zero attached hydrogens (tertiary/aromatic N) is 3. The first-order chi connectivity index (χ1) is 14.6. The number of rotatable bonds is 6. The number of nitrogens with one attached hydrogen (secondary N) is 1. The van der Waals surface area contributed by atoms with Gasteiger partial charge in [0.15, 0.2) is 11.0 Å². The lowest BCUT2D eigenvalue weighted by Crippen LogP contribution is -2.23. The quantitative estimate of drug-likeness (QED) is 0.419. The van der Waals surface area contributed by atoms with Crippen molar-refractivity contribution >= 4 is 34.1 Å². The van der Waals surface area contributed by atoms with Crippen LogP contribution in [0.15, 0.2) is 71.9 Å². The van der Waals surface area contributed by atoms with Gasteiger partial charge in [0.1, 0.15) is 0 Å². The zero-order valence-corrected chi connectivity index (χ0v) is 18.1. The smallest absolute Gasteiger partial charge is 0.237 e. The zero-order chi connectivity index (χ0) is 21.1. The van der Waals surface area contributed by atoms with Crippen molar-refractivity contribution in [1.82, 2.24) is 14.8 Å². The molecule has 0 unspecified atom stereocenters. The van der Waals surface area contributed by atoms with E-state index in [-0.39, 0.29) is 11.2 Å². The van der Waals surface area contributed by atoms with Crippen LogP contribution in [0.2, 0.25) is 0 Å². The van der Waals surface area contributed by atoms with Gasteiger partial charge < -0.3 is 9.88 Å². The summed E-state index contributed by atoms with van der Waals surface area (Å²) in [4.78, 5) is 12.9. The van der Waals surface area contributed by atoms with Crippen LogP contribution in [0.4, 0.5) is 5.69 Å². The van der Waals surface area contributed by atoms with Crippen molar-refractivity contribution in [2.75, 3.05) is 5.32 Å². The van der Waals surface area contributed by atoms with Crippen LogP contribution in [0.3, 0.4) is 0 Å². The summed E-state index contributed by atoms with van der Waals surface area (Å²) in [5.41, 5.74) is 3.03. The molecule has 0 saturated carbocycles. The molecule has 3 aromatic carbocycles. The lowest BCUT2D eigenvalue weighted by molar-refractivity contribution is -0.115. The van der Waals surface area contributed by atoms with E-state index in [0.717, 1.165) is 45.1 Å². The molecule has 1 amide bonds. The number of hydrogen-bond donors (Lipinski definition) is 1. The maximum absolute atomic E-state index is 12.9. The third kappa shape index (κ3) is 3.96. The maximum atomic E-state index is 12.9. The molecule has 4 aromatic rings. The Hall–Kier alpha value is -3.12. The topological polar surface area (TPSA) is 59.8 Å². The van der Waals surface area contributed by atoms with E-state index in [1.807, 2.05) is 61.5 Å². The fourth-order valence-corrected chi connectivity index (χ4v) is 4.38. The van der Waals surface area contributed by atoms with Crippen LogP contribution < -0.4 is 5.32 Å². The van der Waals surface area contributed by atoms with Crippen molar-refractivity contribution in [2.24, 2.45) is 0 Å². The van der Waals surface area contributed by atoms with Gasteiger partial charge >= 0.3 is 0 Å². The predicted molar refractivity (Wildman–Crippen MR) is 124 cm³/mol. The SMILES string of the molecule is CCn1c(S[C@@H](C)C(=O)Nc2cccc3ccccc23)nnc1-c1ccccc1C. The molecule has 0 bridgehead atoms. The Bertz CT molecular complexity index is 1200. The standard InChI is InChI=1S/C24H24N4OS/c1-4-28-22(19-13-7-5-10-16(19)2)26-27-24(28)30-17(3)23(29)25-21-15-9-12-18-11-6-8-14-20(18)21/h5-15,17H,4H2,1-3H3,(H,25,29)/t17-/m0/s1. The van der Waals surface area contributed by atoms with E-state index in [4.69, 9.17) is 0 Å². The molecule has 0 spiro atoms. The summed E-state index contributed by atoms with van der Waals surface area (Å²) < 4.78 is 2.06. The number of carbonyl (C=O) groups excluding carboxylic acids is 1. The van der Waals surface area contributed by atoms with Crippen molar-refractivity contribution < 1.29 is 4.79 Å². The summed E-state index contributed by atoms with van der Waals surface area (Å²) in [6.07, 6.45) is 0. The Kier molecular flexibility index (Phi) is 5.86. The van der Waals surface area contributed by atoms with E-state index < -0.39 is 0 Å². The van der Waals surface area contributed by atoms with Crippen LogP contribution in [0.5, 0.6) is 0 Å². The van der Waals surface area contributed by atoms with Crippen LogP contribution in [-0.2, 0) is 11.3 Å². The third-order valence-electron chi connectivity index (χ3n) is 5.12. The Morgan fingerprint density at radius 2 is 1.77 bits per heavy atom. The second-order valence-corrected chi connectivity index (χ2v) is 8.45. The highest BCUT2D eigenvalue weighted by atomic mass is 32.2. The largest absolute Gasteiger partial charge is 0.325 e. The monoisotopic (exact) mass is 416 g/mol. The summed E-state index contributed by atoms with van der Waals surface area (Å²) in [5.74, 6) is 0.777. The first-order valence-corrected chi connectivity index (χ1v) is 10.9. The summed E-state index contributed by atoms with van der Waals surface area (Å²) in [5, 5.41) is 14.4. The highest BCUT2D eigenvalue weighted by Crippen LogP contribution is 2.29. The van der Waals surface area contributed by atoms with E-state index in [2.05, 4.69) is 46.1 Å². The fourth-order valence-electron chi connectivity index (χ4n) is 3.46. The van der Waals surface area contributed by atoms with Gasteiger partial charge in [-0.2, -0.15) is 0 Å². The van der Waals surface area contributed by atoms with Gasteiger partial charge in [0.25, 0.3) is 0 Å². The average Bonchev–Trinajstić information content (AvgIpc) is 3.16. The molecule has 0 aliphatic carbocycles. The van der Waals surface area contributed by atoms with Crippen LogP contribution in [0, 0.1) is 6.92 Å². The zero-order valence-electron chi connectivity index (χ0n) is 17.3. The first-order valence-electron chi connectivity index (χ1n) is 10.0. The van der Waals surface area contributed by atoms with E-state index in [1.54, 1.807) is 0 Å². The van der Waals surface area contributed by atoms with Crippen molar-refractivity contribution in [2.45, 2.75) is 37.7 Å². The lowest BCUT2D eigenvalue weighted by atomic mass is 10.1. The van der Waals surface area contributed by atoms with E-state index in [0.29, 0.717) is 0 Å². The van der Waals surface area contributed by atoms with Gasteiger partial charge in [-0.05, 0) is 37.8 Å². The molecule has 0 radical (unpaired) electrons. The molecule has 1 heterocycles. The normalized spacial score (nSPS) is 12.1. The van der Waals surface area contributed by atoms with E-state index in [1.165, 1.54) is 11.8 Å². The summed E-state index contributed by atoms with van der Waals surface area (Å²) in [7, 11) is 0. The highest BCUT2D eigenvalue weighted by molar-refractivity contribution is 8.00. The second kappa shape index (κ2) is 8.71. The molecule has 152 valence electrons. The minimum atomic E-state index is -0.316. The molecule has 1 aromatic heterocycles. The number of thioether (sulfide) groups is 1.